The number of nitrogens with zero attached hydrogens (tertiary/aromatic N) is 1. The summed E-state index contributed by atoms with van der Waals surface area (Å²) in [5, 5.41) is 8.89. The maximum Gasteiger partial charge on any atom is 0.335 e. The molecule has 0 aliphatic heterocycles. The summed E-state index contributed by atoms with van der Waals surface area (Å²) in [4.78, 5) is 26.2. The average molecular weight is 301 g/mol. The molecule has 1 N–H and O–H groups in total. The first-order valence-corrected chi connectivity index (χ1v) is 7.12. The molecule has 2 aromatic carbocycles. The Morgan fingerprint density at radius 2 is 1.62 bits per heavy atom. The Morgan fingerprint density at radius 3 is 2.19 bits per heavy atom. The number of hydrogen-bond acceptors (Lipinski definition) is 3. The van der Waals surface area contributed by atoms with Gasteiger partial charge in [0.05, 0.1) is 11.1 Å². The van der Waals surface area contributed by atoms with Crippen molar-refractivity contribution in [2.24, 2.45) is 0 Å². The molecule has 2 aromatic rings. The second-order valence-corrected chi connectivity index (χ2v) is 5.74. The Balaban J connectivity index is 2.27. The number of carboxylic acid groups (broad SMARTS) is 1. The predicted molar refractivity (Wildman–Crippen MR) is 82.0 cm³/mol. The molecule has 0 aliphatic rings. The number of benzene rings is 2. The van der Waals surface area contributed by atoms with Gasteiger partial charge >= 0.3 is 5.97 Å². The molecule has 0 aromatic heterocycles. The van der Waals surface area contributed by atoms with Gasteiger partial charge in [0.1, 0.15) is 0 Å². The van der Waals surface area contributed by atoms with Crippen molar-refractivity contribution in [3.8, 4) is 0 Å². The van der Waals surface area contributed by atoms with Crippen LogP contribution in [0.1, 0.15) is 20.7 Å². The maximum atomic E-state index is 12.1. The van der Waals surface area contributed by atoms with E-state index in [4.69, 9.17) is 5.11 Å². The predicted octanol–water partition coefficient (Wildman–Crippen LogP) is 3.24. The maximum absolute atomic E-state index is 12.1. The number of aromatic carboxylic acids is 1. The van der Waals surface area contributed by atoms with E-state index >= 15 is 0 Å². The Labute approximate surface area is 127 Å². The molecular weight excluding hydrogens is 286 g/mol. The van der Waals surface area contributed by atoms with Crippen molar-refractivity contribution in [3.05, 3.63) is 59.7 Å². The highest BCUT2D eigenvalue weighted by atomic mass is 32.2. The van der Waals surface area contributed by atoms with E-state index in [-0.39, 0.29) is 11.5 Å². The molecule has 0 spiro atoms. The van der Waals surface area contributed by atoms with Gasteiger partial charge in [-0.15, -0.1) is 0 Å². The fourth-order valence-electron chi connectivity index (χ4n) is 1.77. The molecule has 0 fully saturated rings. The van der Waals surface area contributed by atoms with E-state index in [1.807, 2.05) is 18.2 Å². The topological polar surface area (TPSA) is 57.6 Å². The first-order valence-electron chi connectivity index (χ1n) is 6.31. The van der Waals surface area contributed by atoms with E-state index in [9.17, 15) is 9.59 Å². The summed E-state index contributed by atoms with van der Waals surface area (Å²) >= 11 is 1.44. The van der Waals surface area contributed by atoms with Gasteiger partial charge in [-0.2, -0.15) is 0 Å². The molecule has 0 unspecified atom stereocenters. The lowest BCUT2D eigenvalue weighted by Gasteiger charge is -2.13. The van der Waals surface area contributed by atoms with Crippen LogP contribution in [0.4, 0.5) is 0 Å². The fourth-order valence-corrected chi connectivity index (χ4v) is 2.70. The molecule has 0 bridgehead atoms. The monoisotopic (exact) mass is 301 g/mol. The number of amides is 1. The van der Waals surface area contributed by atoms with Crippen molar-refractivity contribution in [3.63, 3.8) is 0 Å². The zero-order chi connectivity index (χ0) is 15.4. The summed E-state index contributed by atoms with van der Waals surface area (Å²) < 4.78 is 0. The van der Waals surface area contributed by atoms with Crippen LogP contribution in [0.5, 0.6) is 0 Å². The first-order chi connectivity index (χ1) is 9.99. The van der Waals surface area contributed by atoms with E-state index in [1.165, 1.54) is 16.7 Å². The molecule has 2 rings (SSSR count). The Morgan fingerprint density at radius 1 is 1.00 bits per heavy atom. The van der Waals surface area contributed by atoms with Crippen molar-refractivity contribution in [2.45, 2.75) is 9.79 Å². The summed E-state index contributed by atoms with van der Waals surface area (Å²) in [7, 11) is 3.43. The van der Waals surface area contributed by atoms with Crippen LogP contribution < -0.4 is 0 Å². The lowest BCUT2D eigenvalue weighted by Crippen LogP contribution is -2.22. The van der Waals surface area contributed by atoms with Crippen LogP contribution in [0.2, 0.25) is 0 Å². The summed E-state index contributed by atoms with van der Waals surface area (Å²) in [5.41, 5.74) is 0.881. The van der Waals surface area contributed by atoms with Crippen molar-refractivity contribution in [1.29, 1.82) is 0 Å². The molecule has 0 radical (unpaired) electrons. The minimum absolute atomic E-state index is 0.0553. The molecule has 0 atom stereocenters. The van der Waals surface area contributed by atoms with Crippen molar-refractivity contribution < 1.29 is 14.7 Å². The lowest BCUT2D eigenvalue weighted by atomic mass is 10.2. The number of carbonyl (C=O) groups excluding carboxylic acids is 1. The molecule has 0 saturated heterocycles. The molecule has 4 nitrogen and oxygen atoms in total. The molecule has 0 saturated carbocycles. The van der Waals surface area contributed by atoms with E-state index in [2.05, 4.69) is 0 Å². The highest BCUT2D eigenvalue weighted by Gasteiger charge is 2.13. The van der Waals surface area contributed by atoms with Crippen molar-refractivity contribution >= 4 is 23.6 Å². The Hall–Kier alpha value is -2.27. The normalized spacial score (nSPS) is 10.2. The highest BCUT2D eigenvalue weighted by molar-refractivity contribution is 7.99. The first kappa shape index (κ1) is 15.1. The van der Waals surface area contributed by atoms with E-state index < -0.39 is 5.97 Å². The quantitative estimate of drug-likeness (QED) is 0.942. The van der Waals surface area contributed by atoms with Crippen LogP contribution in [0, 0.1) is 0 Å². The third-order valence-electron chi connectivity index (χ3n) is 2.85. The Bertz CT molecular complexity index is 665. The molecular formula is C16H15NO3S. The number of rotatable bonds is 4. The van der Waals surface area contributed by atoms with Gasteiger partial charge in [0.25, 0.3) is 5.91 Å². The van der Waals surface area contributed by atoms with Gasteiger partial charge in [0.15, 0.2) is 0 Å². The third-order valence-corrected chi connectivity index (χ3v) is 3.94. The SMILES string of the molecule is CN(C)C(=O)c1ccccc1Sc1ccc(C(=O)O)cc1. The number of hydrogen-bond donors (Lipinski definition) is 1. The molecule has 108 valence electrons. The zero-order valence-corrected chi connectivity index (χ0v) is 12.6. The average Bonchev–Trinajstić information content (AvgIpc) is 2.47. The van der Waals surface area contributed by atoms with Crippen LogP contribution in [0.3, 0.4) is 0 Å². The smallest absolute Gasteiger partial charge is 0.335 e. The lowest BCUT2D eigenvalue weighted by molar-refractivity contribution is 0.0696. The molecule has 5 heteroatoms. The second kappa shape index (κ2) is 6.45. The fraction of sp³-hybridized carbons (Fsp3) is 0.125. The molecule has 0 aliphatic carbocycles. The highest BCUT2D eigenvalue weighted by Crippen LogP contribution is 2.31. The van der Waals surface area contributed by atoms with Gasteiger partial charge < -0.3 is 10.0 Å². The van der Waals surface area contributed by atoms with Gasteiger partial charge in [0, 0.05) is 23.9 Å². The van der Waals surface area contributed by atoms with Gasteiger partial charge in [-0.3, -0.25) is 4.79 Å². The van der Waals surface area contributed by atoms with E-state index in [1.54, 1.807) is 44.4 Å². The van der Waals surface area contributed by atoms with E-state index in [0.717, 1.165) is 9.79 Å². The van der Waals surface area contributed by atoms with Gasteiger partial charge in [-0.1, -0.05) is 23.9 Å². The zero-order valence-electron chi connectivity index (χ0n) is 11.7. The van der Waals surface area contributed by atoms with Gasteiger partial charge in [-0.05, 0) is 36.4 Å². The minimum atomic E-state index is -0.949. The second-order valence-electron chi connectivity index (χ2n) is 4.63. The van der Waals surface area contributed by atoms with Crippen molar-refractivity contribution in [2.75, 3.05) is 14.1 Å². The van der Waals surface area contributed by atoms with E-state index in [0.29, 0.717) is 5.56 Å². The summed E-state index contributed by atoms with van der Waals surface area (Å²) in [6, 6.07) is 14.0. The van der Waals surface area contributed by atoms with Gasteiger partial charge in [0.2, 0.25) is 0 Å². The van der Waals surface area contributed by atoms with Crippen LogP contribution in [0.15, 0.2) is 58.3 Å². The summed E-state index contributed by atoms with van der Waals surface area (Å²) in [6.07, 6.45) is 0. The third kappa shape index (κ3) is 3.64. The van der Waals surface area contributed by atoms with Crippen molar-refractivity contribution in [1.82, 2.24) is 4.90 Å². The summed E-state index contributed by atoms with van der Waals surface area (Å²) in [5.74, 6) is -1.00. The van der Waals surface area contributed by atoms with Gasteiger partial charge in [-0.25, -0.2) is 4.79 Å². The molecule has 21 heavy (non-hydrogen) atoms. The van der Waals surface area contributed by atoms with Crippen LogP contribution >= 0.6 is 11.8 Å². The van der Waals surface area contributed by atoms with Crippen LogP contribution in [0.25, 0.3) is 0 Å². The largest absolute Gasteiger partial charge is 0.478 e. The van der Waals surface area contributed by atoms with Crippen LogP contribution in [-0.2, 0) is 0 Å². The molecule has 1 amide bonds. The minimum Gasteiger partial charge on any atom is -0.478 e. The Kier molecular flexibility index (Phi) is 4.65. The number of carbonyl (C=O) groups is 2. The number of carboxylic acids is 1. The van der Waals surface area contributed by atoms with Crippen LogP contribution in [-0.4, -0.2) is 36.0 Å². The molecule has 0 heterocycles. The summed E-state index contributed by atoms with van der Waals surface area (Å²) in [6.45, 7) is 0. The standard InChI is InChI=1S/C16H15NO3S/c1-17(2)15(18)13-5-3-4-6-14(13)21-12-9-7-11(8-10-12)16(19)20/h3-10H,1-2H3,(H,19,20).